The van der Waals surface area contributed by atoms with E-state index in [1.54, 1.807) is 12.1 Å². The molecule has 0 atom stereocenters. The minimum Gasteiger partial charge on any atom is -0.477 e. The Balaban J connectivity index is 0.000000196. The number of aliphatic hydroxyl groups excluding tert-OH is 1. The first-order chi connectivity index (χ1) is 25.1. The van der Waals surface area contributed by atoms with Crippen molar-refractivity contribution in [2.45, 2.75) is 65.2 Å². The van der Waals surface area contributed by atoms with E-state index in [9.17, 15) is 20.2 Å². The van der Waals surface area contributed by atoms with Crippen molar-refractivity contribution in [2.75, 3.05) is 25.2 Å². The molecular formula is C40H45ClN6O6. The molecular weight excluding hydrogens is 696 g/mol. The molecule has 12 nitrogen and oxygen atoms in total. The Morgan fingerprint density at radius 2 is 1.32 bits per heavy atom. The Labute approximate surface area is 314 Å². The number of fused-ring (bicyclic) bond motifs is 2. The smallest absolute Gasteiger partial charge is 0.270 e. The van der Waals surface area contributed by atoms with Crippen LogP contribution in [0.5, 0.6) is 5.88 Å². The van der Waals surface area contributed by atoms with Crippen molar-refractivity contribution in [3.63, 3.8) is 0 Å². The number of aliphatic hydroxyl groups is 1. The number of halogens is 1. The van der Waals surface area contributed by atoms with Crippen molar-refractivity contribution < 1.29 is 19.7 Å². The second kappa shape index (κ2) is 17.8. The summed E-state index contributed by atoms with van der Waals surface area (Å²) in [5.74, 6) is 0.366. The second-order valence-corrected chi connectivity index (χ2v) is 14.7. The van der Waals surface area contributed by atoms with Gasteiger partial charge in [0.25, 0.3) is 11.4 Å². The maximum Gasteiger partial charge on any atom is 0.270 e. The summed E-state index contributed by atoms with van der Waals surface area (Å²) in [5, 5.41) is 34.0. The summed E-state index contributed by atoms with van der Waals surface area (Å²) in [5.41, 5.74) is 7.33. The van der Waals surface area contributed by atoms with Gasteiger partial charge in [-0.25, -0.2) is 9.97 Å². The van der Waals surface area contributed by atoms with E-state index >= 15 is 0 Å². The van der Waals surface area contributed by atoms with Crippen molar-refractivity contribution in [1.82, 2.24) is 9.97 Å². The number of anilines is 1. The molecule has 1 aliphatic rings. The SMILES string of the molecule is CC(C)(C)c1ccc(CCO)cc1.CC(C)(C)c1ccc(CCOc2ncnc3ccc([N+](=O)[O-])cc23)cc1.O=[N+]([O-])c1ccc2c(c1)C(Cl)=NCN2. The molecule has 2 N–H and O–H groups in total. The van der Waals surface area contributed by atoms with E-state index in [2.05, 4.69) is 110 Å². The van der Waals surface area contributed by atoms with E-state index in [0.717, 1.165) is 18.5 Å². The molecule has 4 aromatic carbocycles. The van der Waals surface area contributed by atoms with Crippen molar-refractivity contribution in [3.8, 4) is 5.88 Å². The van der Waals surface area contributed by atoms with Crippen LogP contribution in [-0.2, 0) is 23.7 Å². The van der Waals surface area contributed by atoms with Crippen LogP contribution in [-0.4, -0.2) is 50.0 Å². The predicted molar refractivity (Wildman–Crippen MR) is 210 cm³/mol. The fourth-order valence-electron chi connectivity index (χ4n) is 5.24. The van der Waals surface area contributed by atoms with E-state index < -0.39 is 9.85 Å². The van der Waals surface area contributed by atoms with Crippen LogP contribution in [0, 0.1) is 20.2 Å². The van der Waals surface area contributed by atoms with Crippen molar-refractivity contribution in [2.24, 2.45) is 4.99 Å². The highest BCUT2D eigenvalue weighted by Gasteiger charge is 2.17. The van der Waals surface area contributed by atoms with Crippen LogP contribution in [0.1, 0.15) is 69.4 Å². The molecule has 0 radical (unpaired) electrons. The lowest BCUT2D eigenvalue weighted by Gasteiger charge is -2.19. The highest BCUT2D eigenvalue weighted by atomic mass is 35.5. The van der Waals surface area contributed by atoms with Crippen molar-refractivity contribution in [1.29, 1.82) is 0 Å². The Hall–Kier alpha value is -5.46. The molecule has 0 aliphatic carbocycles. The number of nitro groups is 2. The lowest BCUT2D eigenvalue weighted by atomic mass is 9.86. The van der Waals surface area contributed by atoms with Gasteiger partial charge >= 0.3 is 0 Å². The summed E-state index contributed by atoms with van der Waals surface area (Å²) < 4.78 is 5.78. The number of ether oxygens (including phenoxy) is 1. The quantitative estimate of drug-likeness (QED) is 0.117. The number of rotatable bonds is 8. The summed E-state index contributed by atoms with van der Waals surface area (Å²) in [7, 11) is 0. The molecule has 278 valence electrons. The Kier molecular flexibility index (Phi) is 13.6. The van der Waals surface area contributed by atoms with Gasteiger partial charge in [-0.05, 0) is 51.6 Å². The molecule has 1 aliphatic heterocycles. The van der Waals surface area contributed by atoms with Crippen LogP contribution in [0.15, 0.2) is 96.2 Å². The van der Waals surface area contributed by atoms with Crippen molar-refractivity contribution >= 4 is 44.7 Å². The van der Waals surface area contributed by atoms with Gasteiger partial charge in [0.15, 0.2) is 0 Å². The number of nitrogens with zero attached hydrogens (tertiary/aromatic N) is 5. The van der Waals surface area contributed by atoms with Crippen LogP contribution >= 0.6 is 11.6 Å². The third-order valence-corrected chi connectivity index (χ3v) is 8.71. The molecule has 53 heavy (non-hydrogen) atoms. The lowest BCUT2D eigenvalue weighted by molar-refractivity contribution is -0.385. The molecule has 0 saturated carbocycles. The lowest BCUT2D eigenvalue weighted by Crippen LogP contribution is -2.11. The van der Waals surface area contributed by atoms with Gasteiger partial charge in [-0.2, -0.15) is 0 Å². The number of hydrogen-bond acceptors (Lipinski definition) is 10. The minimum atomic E-state index is -0.459. The monoisotopic (exact) mass is 740 g/mol. The summed E-state index contributed by atoms with van der Waals surface area (Å²) in [6.07, 6.45) is 2.89. The van der Waals surface area contributed by atoms with Gasteiger partial charge in [0.1, 0.15) is 18.2 Å². The molecule has 5 aromatic rings. The average molecular weight is 741 g/mol. The maximum absolute atomic E-state index is 11.0. The third-order valence-electron chi connectivity index (χ3n) is 8.39. The molecule has 1 aromatic heterocycles. The largest absolute Gasteiger partial charge is 0.477 e. The van der Waals surface area contributed by atoms with Gasteiger partial charge in [0.2, 0.25) is 5.88 Å². The Morgan fingerprint density at radius 3 is 1.87 bits per heavy atom. The Bertz CT molecular complexity index is 2060. The normalized spacial score (nSPS) is 12.2. The first-order valence-electron chi connectivity index (χ1n) is 17.1. The Morgan fingerprint density at radius 1 is 0.774 bits per heavy atom. The number of aromatic nitrogens is 2. The zero-order valence-corrected chi connectivity index (χ0v) is 31.6. The molecule has 2 heterocycles. The number of nitro benzene ring substituents is 2. The van der Waals surface area contributed by atoms with Crippen LogP contribution in [0.2, 0.25) is 0 Å². The predicted octanol–water partition coefficient (Wildman–Crippen LogP) is 8.94. The standard InChI is InChI=1S/C20H21N3O3.C12H18O.C8H6ClN3O2/c1-20(2,3)15-6-4-14(5-7-15)10-11-26-19-17-12-16(23(24)25)8-9-18(17)21-13-22-19;1-12(2,3)11-6-4-10(5-7-11)8-9-13;9-8-6-3-5(12(13)14)1-2-7(6)10-4-11-8/h4-9,12-13H,10-11H2,1-3H3;4-7,13H,8-9H2,1-3H3;1-3,10H,4H2. The number of nitrogens with one attached hydrogen (secondary N) is 1. The van der Waals surface area contributed by atoms with Gasteiger partial charge in [-0.1, -0.05) is 102 Å². The average Bonchev–Trinajstić information content (AvgIpc) is 3.12. The summed E-state index contributed by atoms with van der Waals surface area (Å²) in [6, 6.07) is 25.9. The van der Waals surface area contributed by atoms with Crippen LogP contribution < -0.4 is 10.1 Å². The molecule has 0 spiro atoms. The topological polar surface area (TPSA) is 166 Å². The first-order valence-corrected chi connectivity index (χ1v) is 17.5. The number of benzene rings is 4. The number of non-ortho nitro benzene ring substituents is 2. The highest BCUT2D eigenvalue weighted by molar-refractivity contribution is 6.70. The fraction of sp³-hybridized carbons (Fsp3) is 0.325. The van der Waals surface area contributed by atoms with Gasteiger partial charge in [-0.3, -0.25) is 25.2 Å². The molecule has 0 fully saturated rings. The van der Waals surface area contributed by atoms with Gasteiger partial charge < -0.3 is 15.2 Å². The van der Waals surface area contributed by atoms with Crippen LogP contribution in [0.25, 0.3) is 10.9 Å². The number of aliphatic imine (C=N–C) groups is 1. The van der Waals surface area contributed by atoms with Gasteiger partial charge in [-0.15, -0.1) is 0 Å². The molecule has 0 bridgehead atoms. The van der Waals surface area contributed by atoms with E-state index in [4.69, 9.17) is 21.4 Å². The van der Waals surface area contributed by atoms with Gasteiger partial charge in [0, 0.05) is 48.5 Å². The second-order valence-electron chi connectivity index (χ2n) is 14.4. The number of hydrogen-bond donors (Lipinski definition) is 2. The van der Waals surface area contributed by atoms with E-state index in [1.165, 1.54) is 52.8 Å². The van der Waals surface area contributed by atoms with E-state index in [-0.39, 0.29) is 28.8 Å². The molecule has 13 heteroatoms. The highest BCUT2D eigenvalue weighted by Crippen LogP contribution is 2.28. The molecule has 0 saturated heterocycles. The van der Waals surface area contributed by atoms with Crippen LogP contribution in [0.3, 0.4) is 0 Å². The van der Waals surface area contributed by atoms with Crippen LogP contribution in [0.4, 0.5) is 17.1 Å². The van der Waals surface area contributed by atoms with Gasteiger partial charge in [0.05, 0.1) is 27.4 Å². The molecule has 0 unspecified atom stereocenters. The first kappa shape index (κ1) is 40.3. The zero-order chi connectivity index (χ0) is 38.8. The molecule has 0 amide bonds. The van der Waals surface area contributed by atoms with Crippen molar-refractivity contribution in [3.05, 3.63) is 139 Å². The van der Waals surface area contributed by atoms with E-state index in [1.807, 2.05) is 0 Å². The van der Waals surface area contributed by atoms with E-state index in [0.29, 0.717) is 40.8 Å². The molecule has 6 rings (SSSR count). The summed E-state index contributed by atoms with van der Waals surface area (Å²) >= 11 is 5.81. The third kappa shape index (κ3) is 11.5. The summed E-state index contributed by atoms with van der Waals surface area (Å²) in [6.45, 7) is 14.2. The zero-order valence-electron chi connectivity index (χ0n) is 30.8. The minimum absolute atomic E-state index is 0.00470. The summed E-state index contributed by atoms with van der Waals surface area (Å²) in [4.78, 5) is 32.8. The fourth-order valence-corrected chi connectivity index (χ4v) is 5.45. The maximum atomic E-state index is 11.0.